The Labute approximate surface area is 122 Å². The van der Waals surface area contributed by atoms with E-state index in [4.69, 9.17) is 9.47 Å². The van der Waals surface area contributed by atoms with E-state index >= 15 is 0 Å². The van der Waals surface area contributed by atoms with Gasteiger partial charge in [0.2, 0.25) is 6.79 Å². The van der Waals surface area contributed by atoms with Gasteiger partial charge in [0.25, 0.3) is 0 Å². The predicted octanol–water partition coefficient (Wildman–Crippen LogP) is 3.10. The van der Waals surface area contributed by atoms with Crippen LogP contribution in [0.4, 0.5) is 4.39 Å². The van der Waals surface area contributed by atoms with Crippen LogP contribution in [0.1, 0.15) is 28.3 Å². The zero-order valence-electron chi connectivity index (χ0n) is 11.8. The van der Waals surface area contributed by atoms with Crippen molar-refractivity contribution in [2.24, 2.45) is 0 Å². The first-order valence-electron chi connectivity index (χ1n) is 7.14. The molecular formula is C17H16FNO2. The number of nitrogens with one attached hydrogen (secondary N) is 1. The summed E-state index contributed by atoms with van der Waals surface area (Å²) >= 11 is 0. The predicted molar refractivity (Wildman–Crippen MR) is 77.3 cm³/mol. The number of aryl methyl sites for hydroxylation is 1. The van der Waals surface area contributed by atoms with Crippen LogP contribution in [-0.4, -0.2) is 13.3 Å². The molecule has 0 saturated heterocycles. The lowest BCUT2D eigenvalue weighted by molar-refractivity contribution is 0.174. The molecule has 0 saturated carbocycles. The van der Waals surface area contributed by atoms with Gasteiger partial charge in [-0.2, -0.15) is 0 Å². The van der Waals surface area contributed by atoms with E-state index in [-0.39, 0.29) is 18.7 Å². The molecule has 1 atom stereocenters. The molecule has 2 aliphatic rings. The first kappa shape index (κ1) is 12.7. The molecule has 2 aromatic rings. The summed E-state index contributed by atoms with van der Waals surface area (Å²) in [6.07, 6.45) is 0.941. The summed E-state index contributed by atoms with van der Waals surface area (Å²) in [5, 5.41) is 3.49. The molecule has 4 heteroatoms. The average molecular weight is 285 g/mol. The Morgan fingerprint density at radius 3 is 2.76 bits per heavy atom. The smallest absolute Gasteiger partial charge is 0.231 e. The second-order valence-corrected chi connectivity index (χ2v) is 5.54. The van der Waals surface area contributed by atoms with Gasteiger partial charge in [-0.25, -0.2) is 4.39 Å². The first-order chi connectivity index (χ1) is 10.2. The summed E-state index contributed by atoms with van der Waals surface area (Å²) in [6.45, 7) is 3.15. The third-order valence-corrected chi connectivity index (χ3v) is 4.24. The summed E-state index contributed by atoms with van der Waals surface area (Å²) in [5.74, 6) is 1.38. The lowest BCUT2D eigenvalue weighted by atomic mass is 9.87. The van der Waals surface area contributed by atoms with E-state index < -0.39 is 0 Å². The number of halogens is 1. The standard InChI is InChI=1S/C17H16FNO2/c1-10-2-3-12(18)7-13(10)17-14-8-16-15(20-9-21-16)6-11(14)4-5-19-17/h2-3,6-8,17,19H,4-5,9H2,1H3. The molecule has 4 rings (SSSR count). The molecule has 2 aromatic carbocycles. The van der Waals surface area contributed by atoms with Crippen molar-refractivity contribution in [3.05, 3.63) is 58.4 Å². The number of benzene rings is 2. The van der Waals surface area contributed by atoms with Gasteiger partial charge in [0.15, 0.2) is 11.5 Å². The van der Waals surface area contributed by atoms with Gasteiger partial charge in [0.1, 0.15) is 5.82 Å². The van der Waals surface area contributed by atoms with Gasteiger partial charge in [-0.3, -0.25) is 0 Å². The maximum atomic E-state index is 13.6. The van der Waals surface area contributed by atoms with Crippen LogP contribution in [0.2, 0.25) is 0 Å². The van der Waals surface area contributed by atoms with Crippen molar-refractivity contribution in [1.82, 2.24) is 5.32 Å². The molecule has 0 aromatic heterocycles. The summed E-state index contributed by atoms with van der Waals surface area (Å²) in [6, 6.07) is 9.03. The highest BCUT2D eigenvalue weighted by Crippen LogP contribution is 2.40. The van der Waals surface area contributed by atoms with Crippen LogP contribution < -0.4 is 14.8 Å². The SMILES string of the molecule is Cc1ccc(F)cc1C1NCCc2cc3c(cc21)OCO3. The van der Waals surface area contributed by atoms with Gasteiger partial charge in [0.05, 0.1) is 6.04 Å². The van der Waals surface area contributed by atoms with Crippen LogP contribution in [-0.2, 0) is 6.42 Å². The topological polar surface area (TPSA) is 30.5 Å². The Morgan fingerprint density at radius 2 is 1.90 bits per heavy atom. The lowest BCUT2D eigenvalue weighted by Crippen LogP contribution is -2.31. The van der Waals surface area contributed by atoms with Crippen molar-refractivity contribution >= 4 is 0 Å². The second kappa shape index (κ2) is 4.74. The first-order valence-corrected chi connectivity index (χ1v) is 7.14. The third kappa shape index (κ3) is 2.07. The Kier molecular flexibility index (Phi) is 2.86. The van der Waals surface area contributed by atoms with Crippen molar-refractivity contribution in [3.63, 3.8) is 0 Å². The largest absolute Gasteiger partial charge is 0.454 e. The molecular weight excluding hydrogens is 269 g/mol. The number of hydrogen-bond acceptors (Lipinski definition) is 3. The van der Waals surface area contributed by atoms with E-state index in [0.717, 1.165) is 41.2 Å². The molecule has 1 N–H and O–H groups in total. The minimum atomic E-state index is -0.203. The summed E-state index contributed by atoms with van der Waals surface area (Å²) in [4.78, 5) is 0. The van der Waals surface area contributed by atoms with E-state index in [1.54, 1.807) is 6.07 Å². The fourth-order valence-electron chi connectivity index (χ4n) is 3.15. The molecule has 0 aliphatic carbocycles. The van der Waals surface area contributed by atoms with Gasteiger partial charge < -0.3 is 14.8 Å². The molecule has 0 amide bonds. The molecule has 0 radical (unpaired) electrons. The highest BCUT2D eigenvalue weighted by molar-refractivity contribution is 5.53. The number of rotatable bonds is 1. The number of fused-ring (bicyclic) bond motifs is 2. The van der Waals surface area contributed by atoms with E-state index in [9.17, 15) is 4.39 Å². The van der Waals surface area contributed by atoms with Crippen molar-refractivity contribution in [2.75, 3.05) is 13.3 Å². The molecule has 2 heterocycles. The van der Waals surface area contributed by atoms with Gasteiger partial charge >= 0.3 is 0 Å². The van der Waals surface area contributed by atoms with E-state index in [0.29, 0.717) is 0 Å². The van der Waals surface area contributed by atoms with Gasteiger partial charge in [-0.15, -0.1) is 0 Å². The minimum Gasteiger partial charge on any atom is -0.454 e. The Morgan fingerprint density at radius 1 is 1.10 bits per heavy atom. The van der Waals surface area contributed by atoms with Gasteiger partial charge in [-0.1, -0.05) is 6.07 Å². The van der Waals surface area contributed by atoms with Crippen LogP contribution >= 0.6 is 0 Å². The molecule has 1 unspecified atom stereocenters. The van der Waals surface area contributed by atoms with E-state index in [1.807, 2.05) is 19.1 Å². The highest BCUT2D eigenvalue weighted by Gasteiger charge is 2.26. The average Bonchev–Trinajstić information content (AvgIpc) is 2.94. The Balaban J connectivity index is 1.85. The molecule has 108 valence electrons. The number of hydrogen-bond donors (Lipinski definition) is 1. The van der Waals surface area contributed by atoms with Crippen LogP contribution in [0.25, 0.3) is 0 Å². The fourth-order valence-corrected chi connectivity index (χ4v) is 3.15. The maximum Gasteiger partial charge on any atom is 0.231 e. The molecule has 2 aliphatic heterocycles. The van der Waals surface area contributed by atoms with Crippen LogP contribution in [0.5, 0.6) is 11.5 Å². The van der Waals surface area contributed by atoms with Crippen LogP contribution in [0.3, 0.4) is 0 Å². The quantitative estimate of drug-likeness (QED) is 0.873. The fraction of sp³-hybridized carbons (Fsp3) is 0.294. The third-order valence-electron chi connectivity index (χ3n) is 4.24. The molecule has 0 bridgehead atoms. The maximum absolute atomic E-state index is 13.6. The molecule has 3 nitrogen and oxygen atoms in total. The molecule has 21 heavy (non-hydrogen) atoms. The van der Waals surface area contributed by atoms with E-state index in [1.165, 1.54) is 11.6 Å². The van der Waals surface area contributed by atoms with Gasteiger partial charge in [-0.05, 0) is 59.9 Å². The van der Waals surface area contributed by atoms with Crippen molar-refractivity contribution in [1.29, 1.82) is 0 Å². The zero-order valence-corrected chi connectivity index (χ0v) is 11.8. The van der Waals surface area contributed by atoms with Crippen molar-refractivity contribution < 1.29 is 13.9 Å². The van der Waals surface area contributed by atoms with Gasteiger partial charge in [0, 0.05) is 6.54 Å². The van der Waals surface area contributed by atoms with Crippen molar-refractivity contribution in [2.45, 2.75) is 19.4 Å². The highest BCUT2D eigenvalue weighted by atomic mass is 19.1. The monoisotopic (exact) mass is 285 g/mol. The molecule has 0 fully saturated rings. The van der Waals surface area contributed by atoms with Crippen LogP contribution in [0.15, 0.2) is 30.3 Å². The lowest BCUT2D eigenvalue weighted by Gasteiger charge is -2.28. The summed E-state index contributed by atoms with van der Waals surface area (Å²) in [7, 11) is 0. The normalized spacial score (nSPS) is 19.4. The summed E-state index contributed by atoms with van der Waals surface area (Å²) in [5.41, 5.74) is 4.46. The minimum absolute atomic E-state index is 0.000972. The zero-order chi connectivity index (χ0) is 14.4. The Bertz CT molecular complexity index is 714. The second-order valence-electron chi connectivity index (χ2n) is 5.54. The van der Waals surface area contributed by atoms with Crippen LogP contribution in [0, 0.1) is 12.7 Å². The number of ether oxygens (including phenoxy) is 2. The summed E-state index contributed by atoms with van der Waals surface area (Å²) < 4.78 is 24.5. The molecule has 0 spiro atoms. The Hall–Kier alpha value is -2.07. The van der Waals surface area contributed by atoms with E-state index in [2.05, 4.69) is 11.4 Å². The van der Waals surface area contributed by atoms with Crippen molar-refractivity contribution in [3.8, 4) is 11.5 Å².